The summed E-state index contributed by atoms with van der Waals surface area (Å²) in [6.45, 7) is 1.83. The topological polar surface area (TPSA) is 136 Å². The molecule has 0 spiro atoms. The molecule has 2 aromatic rings. The van der Waals surface area contributed by atoms with Gasteiger partial charge in [0.25, 0.3) is 5.69 Å². The number of amides is 2. The first-order valence-corrected chi connectivity index (χ1v) is 11.9. The number of rotatable bonds is 7. The van der Waals surface area contributed by atoms with E-state index in [1.807, 2.05) is 0 Å². The van der Waals surface area contributed by atoms with Crippen LogP contribution in [0.4, 0.5) is 11.4 Å². The third-order valence-electron chi connectivity index (χ3n) is 7.02. The standard InChI is InChI=1S/C27H23N3O8/c1-3-38-27(34)16-12-13-28-19(14-16)21-22(23(28)24(31)15-8-10-17(11-9-15)30(35)36)26(33)29(25(21)32)18-6-4-5-7-20(18)37-2/h4-14,19,21-23H,3H2,1-2H3/t19-,21-,22-,23-/m0/s1. The number of carbonyl (C=O) groups excluding carboxylic acids is 4. The molecule has 4 atom stereocenters. The zero-order valence-electron chi connectivity index (χ0n) is 20.5. The fourth-order valence-electron chi connectivity index (χ4n) is 5.37. The Morgan fingerprint density at radius 2 is 1.71 bits per heavy atom. The number of nitro benzene ring substituents is 1. The van der Waals surface area contributed by atoms with Gasteiger partial charge in [-0.25, -0.2) is 9.69 Å². The first kappa shape index (κ1) is 24.9. The Bertz CT molecular complexity index is 1410. The number of nitrogens with zero attached hydrogens (tertiary/aromatic N) is 3. The van der Waals surface area contributed by atoms with Crippen molar-refractivity contribution in [1.82, 2.24) is 4.90 Å². The van der Waals surface area contributed by atoms with Gasteiger partial charge < -0.3 is 14.4 Å². The predicted molar refractivity (Wildman–Crippen MR) is 133 cm³/mol. The number of non-ortho nitro benzene ring substituents is 1. The average molecular weight is 517 g/mol. The van der Waals surface area contributed by atoms with Crippen LogP contribution in [-0.2, 0) is 19.1 Å². The number of benzene rings is 2. The summed E-state index contributed by atoms with van der Waals surface area (Å²) in [5.74, 6) is -3.86. The van der Waals surface area contributed by atoms with Gasteiger partial charge in [0.05, 0.1) is 47.8 Å². The van der Waals surface area contributed by atoms with Crippen LogP contribution in [0.5, 0.6) is 5.75 Å². The first-order chi connectivity index (χ1) is 18.3. The van der Waals surface area contributed by atoms with Crippen LogP contribution in [0.25, 0.3) is 0 Å². The molecule has 0 saturated carbocycles. The molecular weight excluding hydrogens is 494 g/mol. The molecule has 11 heteroatoms. The van der Waals surface area contributed by atoms with Crippen molar-refractivity contribution in [2.75, 3.05) is 18.6 Å². The number of imide groups is 1. The largest absolute Gasteiger partial charge is 0.495 e. The number of hydrogen-bond acceptors (Lipinski definition) is 9. The Hall–Kier alpha value is -4.80. The molecule has 0 aromatic heterocycles. The third kappa shape index (κ3) is 3.83. The van der Waals surface area contributed by atoms with Gasteiger partial charge in [-0.3, -0.25) is 24.5 Å². The summed E-state index contributed by atoms with van der Waals surface area (Å²) < 4.78 is 10.5. The van der Waals surface area contributed by atoms with E-state index < -0.39 is 52.4 Å². The molecule has 3 aliphatic heterocycles. The normalized spacial score (nSPS) is 23.6. The molecule has 2 aromatic carbocycles. The summed E-state index contributed by atoms with van der Waals surface area (Å²) >= 11 is 0. The molecule has 2 saturated heterocycles. The van der Waals surface area contributed by atoms with E-state index in [9.17, 15) is 29.3 Å². The minimum atomic E-state index is -1.08. The average Bonchev–Trinajstić information content (AvgIpc) is 3.39. The van der Waals surface area contributed by atoms with Crippen molar-refractivity contribution < 1.29 is 33.6 Å². The molecule has 0 bridgehead atoms. The van der Waals surface area contributed by atoms with E-state index >= 15 is 0 Å². The molecule has 2 amide bonds. The van der Waals surface area contributed by atoms with E-state index in [1.165, 1.54) is 43.7 Å². The molecule has 0 unspecified atom stereocenters. The molecule has 5 rings (SSSR count). The van der Waals surface area contributed by atoms with E-state index in [0.717, 1.165) is 4.90 Å². The Kier molecular flexibility index (Phi) is 6.27. The molecule has 2 fully saturated rings. The van der Waals surface area contributed by atoms with Crippen molar-refractivity contribution in [1.29, 1.82) is 0 Å². The lowest BCUT2D eigenvalue weighted by Crippen LogP contribution is -2.46. The molecule has 0 aliphatic carbocycles. The van der Waals surface area contributed by atoms with Crippen molar-refractivity contribution in [2.45, 2.75) is 19.0 Å². The first-order valence-electron chi connectivity index (χ1n) is 11.9. The second-order valence-corrected chi connectivity index (χ2v) is 8.94. The second-order valence-electron chi connectivity index (χ2n) is 8.94. The number of para-hydroxylation sites is 2. The van der Waals surface area contributed by atoms with Crippen molar-refractivity contribution in [3.63, 3.8) is 0 Å². The number of ether oxygens (including phenoxy) is 2. The monoisotopic (exact) mass is 517 g/mol. The SMILES string of the molecule is CCOC(=O)C1=C[C@H]2[C@@H]3C(=O)N(c4ccccc4OC)C(=O)[C@@H]3[C@@H](C(=O)c3ccc([N+](=O)[O-])cc3)N2C=C1. The molecule has 38 heavy (non-hydrogen) atoms. The minimum Gasteiger partial charge on any atom is -0.495 e. The smallest absolute Gasteiger partial charge is 0.337 e. The Morgan fingerprint density at radius 1 is 1.03 bits per heavy atom. The van der Waals surface area contributed by atoms with E-state index in [0.29, 0.717) is 5.75 Å². The van der Waals surface area contributed by atoms with Gasteiger partial charge in [-0.1, -0.05) is 12.1 Å². The van der Waals surface area contributed by atoms with Crippen molar-refractivity contribution in [2.24, 2.45) is 11.8 Å². The minimum absolute atomic E-state index is 0.157. The molecule has 3 heterocycles. The molecule has 0 radical (unpaired) electrons. The molecule has 11 nitrogen and oxygen atoms in total. The highest BCUT2D eigenvalue weighted by atomic mass is 16.6. The number of methoxy groups -OCH3 is 1. The Balaban J connectivity index is 1.59. The fraction of sp³-hybridized carbons (Fsp3) is 0.259. The van der Waals surface area contributed by atoms with E-state index in [1.54, 1.807) is 42.2 Å². The van der Waals surface area contributed by atoms with Gasteiger partial charge in [0, 0.05) is 23.9 Å². The van der Waals surface area contributed by atoms with Crippen LogP contribution in [0.2, 0.25) is 0 Å². The lowest BCUT2D eigenvalue weighted by molar-refractivity contribution is -0.384. The van der Waals surface area contributed by atoms with Crippen molar-refractivity contribution >= 4 is 34.9 Å². The third-order valence-corrected chi connectivity index (χ3v) is 7.02. The van der Waals surface area contributed by atoms with Crippen LogP contribution in [-0.4, -0.2) is 59.2 Å². The zero-order chi connectivity index (χ0) is 27.1. The fourth-order valence-corrected chi connectivity index (χ4v) is 5.37. The van der Waals surface area contributed by atoms with Gasteiger partial charge in [0.1, 0.15) is 11.8 Å². The number of esters is 1. The number of fused-ring (bicyclic) bond motifs is 3. The van der Waals surface area contributed by atoms with E-state index in [-0.39, 0.29) is 29.1 Å². The zero-order valence-corrected chi connectivity index (χ0v) is 20.5. The van der Waals surface area contributed by atoms with E-state index in [4.69, 9.17) is 9.47 Å². The predicted octanol–water partition coefficient (Wildman–Crippen LogP) is 2.66. The van der Waals surface area contributed by atoms with Gasteiger partial charge in [0.15, 0.2) is 5.78 Å². The van der Waals surface area contributed by atoms with Crippen LogP contribution in [0.3, 0.4) is 0 Å². The van der Waals surface area contributed by atoms with Gasteiger partial charge in [-0.15, -0.1) is 0 Å². The highest BCUT2D eigenvalue weighted by Gasteiger charge is 2.64. The van der Waals surface area contributed by atoms with Crippen LogP contribution in [0.15, 0.2) is 72.5 Å². The van der Waals surface area contributed by atoms with Gasteiger partial charge >= 0.3 is 5.97 Å². The van der Waals surface area contributed by atoms with Crippen LogP contribution in [0, 0.1) is 22.0 Å². The molecule has 0 N–H and O–H groups in total. The summed E-state index contributed by atoms with van der Waals surface area (Å²) in [6.07, 6.45) is 4.56. The number of nitro groups is 1. The summed E-state index contributed by atoms with van der Waals surface area (Å²) in [4.78, 5) is 67.1. The summed E-state index contributed by atoms with van der Waals surface area (Å²) in [6, 6.07) is 9.81. The maximum atomic E-state index is 13.9. The van der Waals surface area contributed by atoms with E-state index in [2.05, 4.69) is 0 Å². The van der Waals surface area contributed by atoms with Crippen LogP contribution < -0.4 is 9.64 Å². The number of anilines is 1. The van der Waals surface area contributed by atoms with Crippen LogP contribution in [0.1, 0.15) is 17.3 Å². The Labute approximate surface area is 217 Å². The number of hydrogen-bond donors (Lipinski definition) is 0. The van der Waals surface area contributed by atoms with Crippen molar-refractivity contribution in [3.8, 4) is 5.75 Å². The molecule has 194 valence electrons. The number of Topliss-reactive ketones (excluding diaryl/α,β-unsaturated/α-hetero) is 1. The summed E-state index contributed by atoms with van der Waals surface area (Å²) in [7, 11) is 1.42. The molecular formula is C27H23N3O8. The van der Waals surface area contributed by atoms with Gasteiger partial charge in [-0.2, -0.15) is 0 Å². The maximum absolute atomic E-state index is 13.9. The molecule has 3 aliphatic rings. The Morgan fingerprint density at radius 3 is 2.37 bits per heavy atom. The maximum Gasteiger partial charge on any atom is 0.337 e. The quantitative estimate of drug-likeness (QED) is 0.178. The highest BCUT2D eigenvalue weighted by Crippen LogP contribution is 2.48. The van der Waals surface area contributed by atoms with Gasteiger partial charge in [-0.05, 0) is 43.3 Å². The van der Waals surface area contributed by atoms with Gasteiger partial charge in [0.2, 0.25) is 11.8 Å². The second kappa shape index (κ2) is 9.58. The lowest BCUT2D eigenvalue weighted by Gasteiger charge is -2.32. The summed E-state index contributed by atoms with van der Waals surface area (Å²) in [5.41, 5.74) is 0.447. The number of carbonyl (C=O) groups is 4. The van der Waals surface area contributed by atoms with Crippen LogP contribution >= 0.6 is 0 Å². The number of ketones is 1. The lowest BCUT2D eigenvalue weighted by atomic mass is 9.86. The highest BCUT2D eigenvalue weighted by molar-refractivity contribution is 6.25. The summed E-state index contributed by atoms with van der Waals surface area (Å²) in [5, 5.41) is 11.1. The van der Waals surface area contributed by atoms with Crippen molar-refractivity contribution in [3.05, 3.63) is 88.1 Å².